The first-order valence-electron chi connectivity index (χ1n) is 9.87. The predicted octanol–water partition coefficient (Wildman–Crippen LogP) is 5.54. The summed E-state index contributed by atoms with van der Waals surface area (Å²) in [6, 6.07) is 0. The number of hydrogen-bond donors (Lipinski definition) is 0. The van der Waals surface area contributed by atoms with E-state index in [0.29, 0.717) is 32.6 Å². The van der Waals surface area contributed by atoms with Crippen LogP contribution in [0.4, 0.5) is 0 Å². The van der Waals surface area contributed by atoms with Crippen LogP contribution in [0.5, 0.6) is 0 Å². The lowest BCUT2D eigenvalue weighted by Crippen LogP contribution is -2.23. The SMILES string of the molecule is C=CCOC(COCCC)CSCCCCCCP(=O)(OCC)OCC. The minimum atomic E-state index is -2.86. The molecular weight excluding hydrogens is 371 g/mol. The fourth-order valence-electron chi connectivity index (χ4n) is 2.35. The zero-order chi connectivity index (χ0) is 19.5. The van der Waals surface area contributed by atoms with E-state index < -0.39 is 7.60 Å². The van der Waals surface area contributed by atoms with E-state index >= 15 is 0 Å². The molecule has 0 aromatic carbocycles. The predicted molar refractivity (Wildman–Crippen MR) is 113 cm³/mol. The lowest BCUT2D eigenvalue weighted by atomic mass is 10.2. The van der Waals surface area contributed by atoms with Crippen molar-refractivity contribution >= 4 is 19.4 Å². The lowest BCUT2D eigenvalue weighted by molar-refractivity contribution is 0.00733. The molecular formula is C19H39O5PS. The molecule has 7 heteroatoms. The van der Waals surface area contributed by atoms with Crippen LogP contribution in [0.25, 0.3) is 0 Å². The standard InChI is InChI=1S/C19H39O5PS/c1-5-13-21-17-19(22-14-6-2)18-26-16-12-10-9-11-15-25(20,23-7-3)24-8-4/h6,19H,2,5,7-18H2,1,3-4H3. The number of thioether (sulfide) groups is 1. The first-order chi connectivity index (χ1) is 12.6. The third-order valence-corrected chi connectivity index (χ3v) is 6.88. The Labute approximate surface area is 165 Å². The van der Waals surface area contributed by atoms with Crippen LogP contribution in [0.15, 0.2) is 12.7 Å². The van der Waals surface area contributed by atoms with E-state index in [-0.39, 0.29) is 6.10 Å². The van der Waals surface area contributed by atoms with Crippen molar-refractivity contribution in [1.29, 1.82) is 0 Å². The Balaban J connectivity index is 3.76. The van der Waals surface area contributed by atoms with Gasteiger partial charge in [-0.2, -0.15) is 11.8 Å². The fourth-order valence-corrected chi connectivity index (χ4v) is 5.11. The number of ether oxygens (including phenoxy) is 2. The maximum Gasteiger partial charge on any atom is 0.330 e. The Morgan fingerprint density at radius 2 is 1.77 bits per heavy atom. The van der Waals surface area contributed by atoms with Gasteiger partial charge in [0.15, 0.2) is 0 Å². The van der Waals surface area contributed by atoms with Gasteiger partial charge in [0.05, 0.1) is 38.7 Å². The Morgan fingerprint density at radius 1 is 1.08 bits per heavy atom. The monoisotopic (exact) mass is 410 g/mol. The van der Waals surface area contributed by atoms with E-state index in [1.807, 2.05) is 25.6 Å². The van der Waals surface area contributed by atoms with Crippen LogP contribution >= 0.6 is 19.4 Å². The highest BCUT2D eigenvalue weighted by Gasteiger charge is 2.22. The van der Waals surface area contributed by atoms with Gasteiger partial charge in [-0.15, -0.1) is 6.58 Å². The van der Waals surface area contributed by atoms with Crippen molar-refractivity contribution in [2.45, 2.75) is 59.0 Å². The molecule has 0 aliphatic heterocycles. The van der Waals surface area contributed by atoms with Crippen LogP contribution in [0.3, 0.4) is 0 Å². The highest BCUT2D eigenvalue weighted by Crippen LogP contribution is 2.48. The molecule has 0 aliphatic carbocycles. The van der Waals surface area contributed by atoms with Crippen molar-refractivity contribution in [3.63, 3.8) is 0 Å². The van der Waals surface area contributed by atoms with Crippen molar-refractivity contribution in [2.24, 2.45) is 0 Å². The minimum Gasteiger partial charge on any atom is -0.379 e. The smallest absolute Gasteiger partial charge is 0.330 e. The number of rotatable bonds is 20. The molecule has 0 saturated heterocycles. The summed E-state index contributed by atoms with van der Waals surface area (Å²) in [6.07, 6.45) is 7.69. The molecule has 0 N–H and O–H groups in total. The van der Waals surface area contributed by atoms with Gasteiger partial charge in [0, 0.05) is 12.4 Å². The largest absolute Gasteiger partial charge is 0.379 e. The highest BCUT2D eigenvalue weighted by molar-refractivity contribution is 7.99. The Bertz CT molecular complexity index is 358. The molecule has 5 nitrogen and oxygen atoms in total. The van der Waals surface area contributed by atoms with E-state index in [4.69, 9.17) is 18.5 Å². The summed E-state index contributed by atoms with van der Waals surface area (Å²) in [6.45, 7) is 12.4. The van der Waals surface area contributed by atoms with E-state index in [9.17, 15) is 4.57 Å². The molecule has 0 saturated carbocycles. The maximum absolute atomic E-state index is 12.3. The van der Waals surface area contributed by atoms with Crippen molar-refractivity contribution < 1.29 is 23.1 Å². The molecule has 26 heavy (non-hydrogen) atoms. The van der Waals surface area contributed by atoms with Crippen molar-refractivity contribution in [2.75, 3.05) is 50.7 Å². The third-order valence-electron chi connectivity index (χ3n) is 3.53. The Morgan fingerprint density at radius 3 is 2.38 bits per heavy atom. The summed E-state index contributed by atoms with van der Waals surface area (Å²) in [5, 5.41) is 0. The molecule has 156 valence electrons. The molecule has 0 bridgehead atoms. The first kappa shape index (κ1) is 26.2. The number of hydrogen-bond acceptors (Lipinski definition) is 6. The third kappa shape index (κ3) is 15.2. The van der Waals surface area contributed by atoms with Crippen LogP contribution < -0.4 is 0 Å². The van der Waals surface area contributed by atoms with Crippen LogP contribution in [0, 0.1) is 0 Å². The van der Waals surface area contributed by atoms with E-state index in [1.165, 1.54) is 0 Å². The summed E-state index contributed by atoms with van der Waals surface area (Å²) < 4.78 is 34.3. The highest BCUT2D eigenvalue weighted by atomic mass is 32.2. The summed E-state index contributed by atoms with van der Waals surface area (Å²) in [4.78, 5) is 0. The molecule has 0 radical (unpaired) electrons. The lowest BCUT2D eigenvalue weighted by Gasteiger charge is -2.17. The summed E-state index contributed by atoms with van der Waals surface area (Å²) >= 11 is 1.91. The second-order valence-corrected chi connectivity index (χ2v) is 9.31. The van der Waals surface area contributed by atoms with E-state index in [0.717, 1.165) is 50.2 Å². The molecule has 0 aromatic rings. The second-order valence-electron chi connectivity index (χ2n) is 5.98. The molecule has 0 aliphatic rings. The molecule has 1 unspecified atom stereocenters. The van der Waals surface area contributed by atoms with Crippen LogP contribution in [0.1, 0.15) is 52.9 Å². The molecule has 0 amide bonds. The number of unbranched alkanes of at least 4 members (excludes halogenated alkanes) is 3. The average Bonchev–Trinajstić information content (AvgIpc) is 2.61. The van der Waals surface area contributed by atoms with Crippen molar-refractivity contribution in [1.82, 2.24) is 0 Å². The van der Waals surface area contributed by atoms with Crippen molar-refractivity contribution in [3.05, 3.63) is 12.7 Å². The van der Waals surface area contributed by atoms with Gasteiger partial charge in [-0.3, -0.25) is 4.57 Å². The molecule has 0 rings (SSSR count). The minimum absolute atomic E-state index is 0.132. The molecule has 0 heterocycles. The van der Waals surface area contributed by atoms with Crippen LogP contribution in [0.2, 0.25) is 0 Å². The molecule has 1 atom stereocenters. The van der Waals surface area contributed by atoms with Gasteiger partial charge < -0.3 is 18.5 Å². The Kier molecular flexibility index (Phi) is 18.6. The Hall–Kier alpha value is 0.160. The van der Waals surface area contributed by atoms with Gasteiger partial charge in [0.2, 0.25) is 0 Å². The van der Waals surface area contributed by atoms with Gasteiger partial charge in [-0.1, -0.05) is 25.8 Å². The fraction of sp³-hybridized carbons (Fsp3) is 0.895. The average molecular weight is 411 g/mol. The summed E-state index contributed by atoms with van der Waals surface area (Å²) in [7, 11) is -2.86. The zero-order valence-electron chi connectivity index (χ0n) is 17.0. The van der Waals surface area contributed by atoms with Gasteiger partial charge in [-0.25, -0.2) is 0 Å². The summed E-state index contributed by atoms with van der Waals surface area (Å²) in [5.74, 6) is 2.05. The maximum atomic E-state index is 12.3. The van der Waals surface area contributed by atoms with Gasteiger partial charge >= 0.3 is 7.60 Å². The first-order valence-corrected chi connectivity index (χ1v) is 12.8. The molecule has 0 aromatic heterocycles. The van der Waals surface area contributed by atoms with Crippen LogP contribution in [-0.2, 0) is 23.1 Å². The van der Waals surface area contributed by atoms with Gasteiger partial charge in [-0.05, 0) is 38.9 Å². The van der Waals surface area contributed by atoms with Gasteiger partial charge in [0.1, 0.15) is 0 Å². The molecule has 0 spiro atoms. The second kappa shape index (κ2) is 18.5. The van der Waals surface area contributed by atoms with E-state index in [2.05, 4.69) is 13.5 Å². The topological polar surface area (TPSA) is 54.0 Å². The quantitative estimate of drug-likeness (QED) is 0.149. The van der Waals surface area contributed by atoms with Gasteiger partial charge in [0.25, 0.3) is 0 Å². The van der Waals surface area contributed by atoms with E-state index in [1.54, 1.807) is 6.08 Å². The van der Waals surface area contributed by atoms with Crippen molar-refractivity contribution in [3.8, 4) is 0 Å². The zero-order valence-corrected chi connectivity index (χ0v) is 18.7. The summed E-state index contributed by atoms with van der Waals surface area (Å²) in [5.41, 5.74) is 0. The normalized spacial score (nSPS) is 13.0. The molecule has 0 fully saturated rings. The van der Waals surface area contributed by atoms with Crippen LogP contribution in [-0.4, -0.2) is 56.8 Å².